The normalized spacial score (nSPS) is 13.2. The molecule has 1 unspecified atom stereocenters. The molecule has 2 heteroatoms. The minimum absolute atomic E-state index is 0.510. The smallest absolute Gasteiger partial charge is 0.0302 e. The first kappa shape index (κ1) is 9.75. The summed E-state index contributed by atoms with van der Waals surface area (Å²) in [7, 11) is 0. The lowest BCUT2D eigenvalue weighted by molar-refractivity contribution is 0.570. The van der Waals surface area contributed by atoms with E-state index in [0.717, 1.165) is 6.54 Å². The fraction of sp³-hybridized carbons (Fsp3) is 0.600. The summed E-state index contributed by atoms with van der Waals surface area (Å²) in [6.45, 7) is 7.71. The highest BCUT2D eigenvalue weighted by molar-refractivity contribution is 7.08. The van der Waals surface area contributed by atoms with Gasteiger partial charge in [0.15, 0.2) is 0 Å². The van der Waals surface area contributed by atoms with E-state index in [0.29, 0.717) is 6.04 Å². The van der Waals surface area contributed by atoms with Crippen molar-refractivity contribution in [1.29, 1.82) is 0 Å². The maximum absolute atomic E-state index is 3.48. The molecule has 1 aromatic rings. The highest BCUT2D eigenvalue weighted by Gasteiger charge is 2.06. The lowest BCUT2D eigenvalue weighted by Crippen LogP contribution is -2.19. The van der Waals surface area contributed by atoms with Gasteiger partial charge in [-0.2, -0.15) is 11.3 Å². The number of aryl methyl sites for hydroxylation is 1. The minimum Gasteiger partial charge on any atom is -0.310 e. The van der Waals surface area contributed by atoms with Crippen LogP contribution in [0.2, 0.25) is 0 Å². The Morgan fingerprint density at radius 2 is 2.25 bits per heavy atom. The molecule has 0 spiro atoms. The summed E-state index contributed by atoms with van der Waals surface area (Å²) in [5.41, 5.74) is 2.87. The van der Waals surface area contributed by atoms with Gasteiger partial charge in [0, 0.05) is 6.04 Å². The topological polar surface area (TPSA) is 12.0 Å². The van der Waals surface area contributed by atoms with Crippen LogP contribution < -0.4 is 5.32 Å². The van der Waals surface area contributed by atoms with E-state index in [2.05, 4.69) is 36.8 Å². The van der Waals surface area contributed by atoms with Crippen molar-refractivity contribution in [3.63, 3.8) is 0 Å². The van der Waals surface area contributed by atoms with Crippen LogP contribution in [-0.4, -0.2) is 6.54 Å². The number of hydrogen-bond donors (Lipinski definition) is 1. The first-order chi connectivity index (χ1) is 5.75. The van der Waals surface area contributed by atoms with E-state index in [-0.39, 0.29) is 0 Å². The Morgan fingerprint density at radius 3 is 2.75 bits per heavy atom. The van der Waals surface area contributed by atoms with Crippen molar-refractivity contribution < 1.29 is 0 Å². The van der Waals surface area contributed by atoms with Gasteiger partial charge in [0.05, 0.1) is 0 Å². The van der Waals surface area contributed by atoms with Crippen LogP contribution in [0.5, 0.6) is 0 Å². The van der Waals surface area contributed by atoms with Crippen molar-refractivity contribution in [2.24, 2.45) is 0 Å². The maximum Gasteiger partial charge on any atom is 0.0302 e. The second-order valence-electron chi connectivity index (χ2n) is 3.19. The van der Waals surface area contributed by atoms with Crippen LogP contribution in [0.3, 0.4) is 0 Å². The van der Waals surface area contributed by atoms with Crippen LogP contribution in [0.4, 0.5) is 0 Å². The quantitative estimate of drug-likeness (QED) is 0.756. The molecule has 0 aliphatic rings. The second kappa shape index (κ2) is 4.63. The van der Waals surface area contributed by atoms with Crippen molar-refractivity contribution in [3.05, 3.63) is 21.9 Å². The number of nitrogens with one attached hydrogen (secondary N) is 1. The molecule has 0 bridgehead atoms. The molecule has 0 aliphatic carbocycles. The first-order valence-corrected chi connectivity index (χ1v) is 5.46. The van der Waals surface area contributed by atoms with Crippen molar-refractivity contribution in [2.75, 3.05) is 6.54 Å². The summed E-state index contributed by atoms with van der Waals surface area (Å²) in [6.07, 6.45) is 1.20. The molecule has 0 radical (unpaired) electrons. The Morgan fingerprint density at radius 1 is 1.50 bits per heavy atom. The van der Waals surface area contributed by atoms with E-state index in [1.54, 1.807) is 11.3 Å². The fourth-order valence-electron chi connectivity index (χ4n) is 1.28. The van der Waals surface area contributed by atoms with Gasteiger partial charge in [-0.05, 0) is 48.7 Å². The van der Waals surface area contributed by atoms with Crippen LogP contribution in [0.1, 0.15) is 37.4 Å². The molecule has 0 saturated carbocycles. The SMILES string of the molecule is CCCNC(C)c1cscc1C. The Labute approximate surface area is 78.8 Å². The summed E-state index contributed by atoms with van der Waals surface area (Å²) in [4.78, 5) is 0. The monoisotopic (exact) mass is 183 g/mol. The molecule has 1 N–H and O–H groups in total. The Bertz CT molecular complexity index is 229. The molecule has 1 rings (SSSR count). The van der Waals surface area contributed by atoms with E-state index < -0.39 is 0 Å². The molecular weight excluding hydrogens is 166 g/mol. The van der Waals surface area contributed by atoms with Crippen LogP contribution in [0.25, 0.3) is 0 Å². The van der Waals surface area contributed by atoms with E-state index in [1.807, 2.05) is 0 Å². The Kier molecular flexibility index (Phi) is 3.76. The molecule has 0 fully saturated rings. The van der Waals surface area contributed by atoms with Crippen LogP contribution in [-0.2, 0) is 0 Å². The van der Waals surface area contributed by atoms with Gasteiger partial charge >= 0.3 is 0 Å². The molecule has 0 aliphatic heterocycles. The van der Waals surface area contributed by atoms with Crippen molar-refractivity contribution in [1.82, 2.24) is 5.32 Å². The van der Waals surface area contributed by atoms with Crippen LogP contribution >= 0.6 is 11.3 Å². The molecule has 1 heterocycles. The summed E-state index contributed by atoms with van der Waals surface area (Å²) in [5, 5.41) is 7.93. The molecule has 0 saturated heterocycles. The highest BCUT2D eigenvalue weighted by atomic mass is 32.1. The molecule has 12 heavy (non-hydrogen) atoms. The zero-order chi connectivity index (χ0) is 8.97. The van der Waals surface area contributed by atoms with E-state index >= 15 is 0 Å². The van der Waals surface area contributed by atoms with Gasteiger partial charge in [0.2, 0.25) is 0 Å². The van der Waals surface area contributed by atoms with Crippen LogP contribution in [0.15, 0.2) is 10.8 Å². The van der Waals surface area contributed by atoms with E-state index in [4.69, 9.17) is 0 Å². The molecule has 1 aromatic heterocycles. The molecule has 1 atom stereocenters. The molecule has 0 aromatic carbocycles. The lowest BCUT2D eigenvalue weighted by Gasteiger charge is -2.12. The Hall–Kier alpha value is -0.340. The number of hydrogen-bond acceptors (Lipinski definition) is 2. The first-order valence-electron chi connectivity index (χ1n) is 4.51. The van der Waals surface area contributed by atoms with Gasteiger partial charge in [-0.25, -0.2) is 0 Å². The predicted molar refractivity (Wildman–Crippen MR) is 55.8 cm³/mol. The highest BCUT2D eigenvalue weighted by Crippen LogP contribution is 2.20. The van der Waals surface area contributed by atoms with Crippen molar-refractivity contribution >= 4 is 11.3 Å². The summed E-state index contributed by atoms with van der Waals surface area (Å²) < 4.78 is 0. The fourth-order valence-corrected chi connectivity index (χ4v) is 2.23. The maximum atomic E-state index is 3.48. The van der Waals surface area contributed by atoms with Gasteiger partial charge in [-0.3, -0.25) is 0 Å². The van der Waals surface area contributed by atoms with Crippen molar-refractivity contribution in [3.8, 4) is 0 Å². The molecule has 68 valence electrons. The van der Waals surface area contributed by atoms with Crippen LogP contribution in [0, 0.1) is 6.92 Å². The molecule has 0 amide bonds. The van der Waals surface area contributed by atoms with Gasteiger partial charge in [-0.1, -0.05) is 6.92 Å². The van der Waals surface area contributed by atoms with Gasteiger partial charge in [0.1, 0.15) is 0 Å². The third-order valence-corrected chi connectivity index (χ3v) is 2.94. The van der Waals surface area contributed by atoms with Gasteiger partial charge < -0.3 is 5.32 Å². The van der Waals surface area contributed by atoms with E-state index in [1.165, 1.54) is 17.5 Å². The predicted octanol–water partition coefficient (Wildman–Crippen LogP) is 3.12. The Balaban J connectivity index is 2.52. The average Bonchev–Trinajstić information content (AvgIpc) is 2.47. The summed E-state index contributed by atoms with van der Waals surface area (Å²) in [6, 6.07) is 0.510. The van der Waals surface area contributed by atoms with Gasteiger partial charge in [0.25, 0.3) is 0 Å². The minimum atomic E-state index is 0.510. The standard InChI is InChI=1S/C10H17NS/c1-4-5-11-9(3)10-7-12-6-8(10)2/h6-7,9,11H,4-5H2,1-3H3. The van der Waals surface area contributed by atoms with Crippen molar-refractivity contribution in [2.45, 2.75) is 33.2 Å². The summed E-state index contributed by atoms with van der Waals surface area (Å²) >= 11 is 1.79. The van der Waals surface area contributed by atoms with E-state index in [9.17, 15) is 0 Å². The summed E-state index contributed by atoms with van der Waals surface area (Å²) in [5.74, 6) is 0. The molecular formula is C10H17NS. The second-order valence-corrected chi connectivity index (χ2v) is 3.93. The average molecular weight is 183 g/mol. The zero-order valence-electron chi connectivity index (χ0n) is 8.05. The molecule has 1 nitrogen and oxygen atoms in total. The third-order valence-electron chi connectivity index (χ3n) is 2.06. The number of rotatable bonds is 4. The largest absolute Gasteiger partial charge is 0.310 e. The third kappa shape index (κ3) is 2.32. The zero-order valence-corrected chi connectivity index (χ0v) is 8.87. The lowest BCUT2D eigenvalue weighted by atomic mass is 10.1. The van der Waals surface area contributed by atoms with Gasteiger partial charge in [-0.15, -0.1) is 0 Å². The number of thiophene rings is 1.